The lowest BCUT2D eigenvalue weighted by molar-refractivity contribution is -0.159. The molecule has 3 aromatic rings. The molecule has 3 aliphatic rings. The summed E-state index contributed by atoms with van der Waals surface area (Å²) in [7, 11) is 0. The summed E-state index contributed by atoms with van der Waals surface area (Å²) in [6, 6.07) is 1.20. The molecule has 4 heterocycles. The number of carboxylic acids is 1. The van der Waals surface area contributed by atoms with Crippen LogP contribution in [-0.2, 0) is 19.9 Å². The molecule has 1 atom stereocenters. The van der Waals surface area contributed by atoms with Crippen molar-refractivity contribution in [1.29, 1.82) is 0 Å². The first-order valence-corrected chi connectivity index (χ1v) is 15.7. The molecular weight excluding hydrogens is 630 g/mol. The van der Waals surface area contributed by atoms with E-state index in [1.165, 1.54) is 29.8 Å². The normalized spacial score (nSPS) is 23.7. The number of hydrogen-bond donors (Lipinski definition) is 3. The van der Waals surface area contributed by atoms with Gasteiger partial charge in [0.2, 0.25) is 5.95 Å². The number of allylic oxidation sites excluding steroid dienone is 1. The van der Waals surface area contributed by atoms with Crippen LogP contribution < -0.4 is 10.2 Å². The number of piperidine rings is 1. The van der Waals surface area contributed by atoms with Crippen molar-refractivity contribution in [3.8, 4) is 0 Å². The maximum Gasteiger partial charge on any atom is 0.338 e. The molecule has 15 heteroatoms. The number of esters is 1. The third-order valence-electron chi connectivity index (χ3n) is 8.44. The number of thiazole rings is 1. The number of aromatic nitrogens is 3. The third-order valence-corrected chi connectivity index (χ3v) is 9.61. The number of carboxylic acid groups (broad SMARTS) is 1. The van der Waals surface area contributed by atoms with Crippen LogP contribution in [-0.4, -0.2) is 62.6 Å². The first-order valence-electron chi connectivity index (χ1n) is 14.4. The highest BCUT2D eigenvalue weighted by atomic mass is 35.5. The van der Waals surface area contributed by atoms with Crippen LogP contribution in [0, 0.1) is 23.5 Å². The number of nitrogens with zero attached hydrogens (tertiary/aromatic N) is 5. The number of rotatable bonds is 8. The van der Waals surface area contributed by atoms with Crippen LogP contribution in [0.5, 0.6) is 0 Å². The maximum absolute atomic E-state index is 14.6. The molecule has 3 N–H and O–H groups in total. The zero-order valence-corrected chi connectivity index (χ0v) is 25.6. The molecule has 0 bridgehead atoms. The fourth-order valence-electron chi connectivity index (χ4n) is 6.01. The van der Waals surface area contributed by atoms with Gasteiger partial charge in [0, 0.05) is 59.8 Å². The Kier molecular flexibility index (Phi) is 8.55. The van der Waals surface area contributed by atoms with Crippen LogP contribution in [0.4, 0.5) is 14.7 Å². The van der Waals surface area contributed by atoms with Crippen molar-refractivity contribution >= 4 is 46.7 Å². The molecular formula is C30H29ClF2N6O5S. The molecule has 0 spiro atoms. The van der Waals surface area contributed by atoms with Crippen molar-refractivity contribution in [3.63, 3.8) is 0 Å². The number of anilines is 1. The molecule has 1 saturated heterocycles. The molecule has 2 aromatic heterocycles. The van der Waals surface area contributed by atoms with Crippen molar-refractivity contribution < 1.29 is 33.3 Å². The predicted octanol–water partition coefficient (Wildman–Crippen LogP) is 4.37. The van der Waals surface area contributed by atoms with Crippen LogP contribution in [0.1, 0.15) is 54.8 Å². The summed E-state index contributed by atoms with van der Waals surface area (Å²) in [5, 5.41) is 25.1. The summed E-state index contributed by atoms with van der Waals surface area (Å²) in [5.74, 6) is -3.85. The fraction of sp³-hybridized carbons (Fsp3) is 0.400. The number of amidine groups is 1. The molecule has 1 saturated carbocycles. The van der Waals surface area contributed by atoms with Crippen molar-refractivity contribution in [1.82, 2.24) is 20.3 Å². The predicted molar refractivity (Wildman–Crippen MR) is 161 cm³/mol. The minimum absolute atomic E-state index is 0.0920. The second kappa shape index (κ2) is 12.4. The van der Waals surface area contributed by atoms with Crippen LogP contribution in [0.3, 0.4) is 0 Å². The molecule has 0 amide bonds. The average molecular weight is 659 g/mol. The summed E-state index contributed by atoms with van der Waals surface area (Å²) in [6.45, 7) is 2.82. The summed E-state index contributed by atoms with van der Waals surface area (Å²) in [4.78, 5) is 44.6. The largest absolute Gasteiger partial charge is 0.481 e. The third kappa shape index (κ3) is 5.89. The number of aliphatic carboxylic acids is 1. The summed E-state index contributed by atoms with van der Waals surface area (Å²) in [6.07, 6.45) is 6.06. The molecule has 1 aromatic carbocycles. The first kappa shape index (κ1) is 31.0. The number of carbonyl (C=O) groups is 2. The molecule has 1 aliphatic carbocycles. The maximum atomic E-state index is 14.6. The van der Waals surface area contributed by atoms with Gasteiger partial charge < -0.3 is 25.2 Å². The highest BCUT2D eigenvalue weighted by molar-refractivity contribution is 7.11. The summed E-state index contributed by atoms with van der Waals surface area (Å²) >= 11 is 7.62. The Hall–Kier alpha value is -4.01. The van der Waals surface area contributed by atoms with E-state index >= 15 is 0 Å². The quantitative estimate of drug-likeness (QED) is 0.235. The number of halogens is 3. The van der Waals surface area contributed by atoms with Gasteiger partial charge in [-0.05, 0) is 38.7 Å². The van der Waals surface area contributed by atoms with Gasteiger partial charge in [0.1, 0.15) is 6.04 Å². The number of ether oxygens (including phenoxy) is 1. The van der Waals surface area contributed by atoms with E-state index in [0.717, 1.165) is 6.07 Å². The molecule has 45 heavy (non-hydrogen) atoms. The Balaban J connectivity index is 1.28. The Morgan fingerprint density at radius 1 is 1.18 bits per heavy atom. The second-order valence-corrected chi connectivity index (χ2v) is 12.4. The van der Waals surface area contributed by atoms with Crippen molar-refractivity contribution in [2.45, 2.75) is 44.2 Å². The van der Waals surface area contributed by atoms with Crippen LogP contribution in [0.2, 0.25) is 5.02 Å². The monoisotopic (exact) mass is 658 g/mol. The van der Waals surface area contributed by atoms with Gasteiger partial charge in [0.05, 0.1) is 28.7 Å². The molecule has 236 valence electrons. The van der Waals surface area contributed by atoms with E-state index in [1.807, 2.05) is 4.90 Å². The minimum atomic E-state index is -1.25. The van der Waals surface area contributed by atoms with Crippen LogP contribution in [0.25, 0.3) is 0 Å². The zero-order chi connectivity index (χ0) is 31.9. The summed E-state index contributed by atoms with van der Waals surface area (Å²) < 4.78 is 34.1. The van der Waals surface area contributed by atoms with Crippen molar-refractivity contribution in [3.05, 3.63) is 80.2 Å². The Labute approximate surface area is 265 Å². The second-order valence-electron chi connectivity index (χ2n) is 11.2. The number of nitrogens with one attached hydrogen (secondary N) is 1. The fourth-order valence-corrected chi connectivity index (χ4v) is 6.85. The lowest BCUT2D eigenvalue weighted by Crippen LogP contribution is -2.45. The lowest BCUT2D eigenvalue weighted by atomic mass is 9.68. The van der Waals surface area contributed by atoms with E-state index in [4.69, 9.17) is 26.4 Å². The standard InChI is InChI=1S/C30H29ClF2N6O5S/c1-2-44-28(42)20-23(37-25(26-34-7-10-45-26)38-24(20)18-3-4-19(32)22(33)21(18)31)15-5-8-39(9-6-15)29-35-13-17(14-36-29)30(43)11-16(12-30)27(40)41/h3-4,7,10,13-16,24,43H,2,5-6,8-9,11-12H2,1H3,(H,37,38)(H,40,41)/t16-,24?,30-. The molecule has 11 nitrogen and oxygen atoms in total. The van der Waals surface area contributed by atoms with Crippen molar-refractivity contribution in [2.75, 3.05) is 24.6 Å². The van der Waals surface area contributed by atoms with Gasteiger partial charge in [-0.3, -0.25) is 9.79 Å². The van der Waals surface area contributed by atoms with Gasteiger partial charge >= 0.3 is 11.9 Å². The highest BCUT2D eigenvalue weighted by Gasteiger charge is 2.48. The molecule has 1 unspecified atom stereocenters. The molecule has 2 fully saturated rings. The van der Waals surface area contributed by atoms with E-state index < -0.39 is 46.2 Å². The van der Waals surface area contributed by atoms with E-state index in [1.54, 1.807) is 18.5 Å². The number of benzene rings is 1. The zero-order valence-electron chi connectivity index (χ0n) is 24.0. The smallest absolute Gasteiger partial charge is 0.338 e. The SMILES string of the molecule is CCOC(=O)C1=C(C2CCN(c3ncc([C@]4(O)C[C@H](C(=O)O)C4)cn3)CC2)NC(c2nccs2)=NC1c1ccc(F)c(F)c1Cl. The average Bonchev–Trinajstić information content (AvgIpc) is 3.57. The highest BCUT2D eigenvalue weighted by Crippen LogP contribution is 2.46. The van der Waals surface area contributed by atoms with Crippen LogP contribution in [0.15, 0.2) is 52.4 Å². The van der Waals surface area contributed by atoms with Gasteiger partial charge in [-0.2, -0.15) is 0 Å². The lowest BCUT2D eigenvalue weighted by Gasteiger charge is -2.41. The first-order chi connectivity index (χ1) is 21.6. The van der Waals surface area contributed by atoms with Gasteiger partial charge in [-0.25, -0.2) is 28.5 Å². The van der Waals surface area contributed by atoms with E-state index in [9.17, 15) is 23.5 Å². The molecule has 6 rings (SSSR count). The van der Waals surface area contributed by atoms with E-state index in [0.29, 0.717) is 54.0 Å². The van der Waals surface area contributed by atoms with Crippen LogP contribution >= 0.6 is 22.9 Å². The number of aliphatic hydroxyl groups is 1. The van der Waals surface area contributed by atoms with Gasteiger partial charge in [-0.15, -0.1) is 11.3 Å². The van der Waals surface area contributed by atoms with E-state index in [-0.39, 0.29) is 36.5 Å². The van der Waals surface area contributed by atoms with Gasteiger partial charge in [0.25, 0.3) is 0 Å². The Bertz CT molecular complexity index is 1670. The Morgan fingerprint density at radius 2 is 1.89 bits per heavy atom. The van der Waals surface area contributed by atoms with Gasteiger partial charge in [0.15, 0.2) is 22.5 Å². The van der Waals surface area contributed by atoms with Gasteiger partial charge in [-0.1, -0.05) is 17.7 Å². The molecule has 0 radical (unpaired) electrons. The summed E-state index contributed by atoms with van der Waals surface area (Å²) in [5.41, 5.74) is 0.0690. The number of aliphatic imine (C=N–C) groups is 1. The van der Waals surface area contributed by atoms with Crippen molar-refractivity contribution in [2.24, 2.45) is 16.8 Å². The number of carbonyl (C=O) groups excluding carboxylic acids is 1. The van der Waals surface area contributed by atoms with E-state index in [2.05, 4.69) is 20.3 Å². The topological polar surface area (TPSA) is 150 Å². The Morgan fingerprint density at radius 3 is 2.51 bits per heavy atom. The molecule has 2 aliphatic heterocycles. The number of hydrogen-bond acceptors (Lipinski definition) is 11. The minimum Gasteiger partial charge on any atom is -0.481 e.